The number of fused-ring (bicyclic) bond motifs is 1. The van der Waals surface area contributed by atoms with E-state index in [1.807, 2.05) is 46.1 Å². The molecule has 0 bridgehead atoms. The van der Waals surface area contributed by atoms with Gasteiger partial charge in [0.05, 0.1) is 0 Å². The number of pyridine rings is 1. The lowest BCUT2D eigenvalue weighted by Gasteiger charge is -2.32. The van der Waals surface area contributed by atoms with Crippen molar-refractivity contribution in [3.05, 3.63) is 53.6 Å². The highest BCUT2D eigenvalue weighted by molar-refractivity contribution is 7.15. The molecule has 0 spiro atoms. The summed E-state index contributed by atoms with van der Waals surface area (Å²) in [6.07, 6.45) is 9.63. The van der Waals surface area contributed by atoms with Crippen LogP contribution in [0, 0.1) is 5.92 Å². The molecular formula is C22H27N5O2S. The molecule has 3 aromatic rings. The molecule has 1 aliphatic heterocycles. The smallest absolute Gasteiger partial charge is 0.274 e. The van der Waals surface area contributed by atoms with Crippen LogP contribution in [0.15, 0.2) is 42.2 Å². The van der Waals surface area contributed by atoms with E-state index in [4.69, 9.17) is 0 Å². The number of carbonyl (C=O) groups excluding carboxylic acids is 2. The van der Waals surface area contributed by atoms with Gasteiger partial charge in [-0.1, -0.05) is 6.07 Å². The third-order valence-corrected chi connectivity index (χ3v) is 6.51. The number of hydrogen-bond donors (Lipinski definition) is 0. The van der Waals surface area contributed by atoms with Gasteiger partial charge >= 0.3 is 0 Å². The number of likely N-dealkylation sites (tertiary alicyclic amines) is 1. The van der Waals surface area contributed by atoms with E-state index in [2.05, 4.69) is 9.97 Å². The van der Waals surface area contributed by atoms with Gasteiger partial charge in [-0.15, -0.1) is 11.3 Å². The second-order valence-corrected chi connectivity index (χ2v) is 8.78. The van der Waals surface area contributed by atoms with Gasteiger partial charge in [0, 0.05) is 69.2 Å². The van der Waals surface area contributed by atoms with E-state index in [1.54, 1.807) is 17.3 Å². The van der Waals surface area contributed by atoms with E-state index in [-0.39, 0.29) is 11.8 Å². The number of rotatable bonds is 7. The normalized spacial score (nSPS) is 16.7. The summed E-state index contributed by atoms with van der Waals surface area (Å²) < 4.78 is 1.89. The molecule has 1 atom stereocenters. The highest BCUT2D eigenvalue weighted by atomic mass is 32.1. The Bertz CT molecular complexity index is 971. The Morgan fingerprint density at radius 1 is 1.33 bits per heavy atom. The van der Waals surface area contributed by atoms with Crippen molar-refractivity contribution < 1.29 is 9.59 Å². The van der Waals surface area contributed by atoms with Crippen molar-refractivity contribution in [2.75, 3.05) is 26.7 Å². The number of carbonyl (C=O) groups is 2. The topological polar surface area (TPSA) is 70.8 Å². The van der Waals surface area contributed by atoms with Crippen molar-refractivity contribution in [3.63, 3.8) is 0 Å². The predicted molar refractivity (Wildman–Crippen MR) is 117 cm³/mol. The Morgan fingerprint density at radius 3 is 3.03 bits per heavy atom. The van der Waals surface area contributed by atoms with E-state index in [0.29, 0.717) is 31.1 Å². The van der Waals surface area contributed by atoms with Crippen LogP contribution in [0.4, 0.5) is 0 Å². The van der Waals surface area contributed by atoms with Crippen LogP contribution in [0.2, 0.25) is 0 Å². The van der Waals surface area contributed by atoms with Gasteiger partial charge in [-0.05, 0) is 37.3 Å². The van der Waals surface area contributed by atoms with Crippen LogP contribution in [0.1, 0.15) is 41.9 Å². The monoisotopic (exact) mass is 425 g/mol. The van der Waals surface area contributed by atoms with Crippen molar-refractivity contribution in [1.29, 1.82) is 0 Å². The van der Waals surface area contributed by atoms with Gasteiger partial charge in [0.15, 0.2) is 4.96 Å². The number of aromatic nitrogens is 3. The molecule has 4 rings (SSSR count). The van der Waals surface area contributed by atoms with Crippen molar-refractivity contribution >= 4 is 28.1 Å². The first-order valence-electron chi connectivity index (χ1n) is 10.5. The Hall–Kier alpha value is -2.74. The van der Waals surface area contributed by atoms with Gasteiger partial charge in [-0.25, -0.2) is 4.98 Å². The fourth-order valence-corrected chi connectivity index (χ4v) is 4.65. The van der Waals surface area contributed by atoms with E-state index in [0.717, 1.165) is 42.9 Å². The average molecular weight is 426 g/mol. The summed E-state index contributed by atoms with van der Waals surface area (Å²) >= 11 is 1.52. The lowest BCUT2D eigenvalue weighted by atomic mass is 9.93. The van der Waals surface area contributed by atoms with Crippen LogP contribution >= 0.6 is 11.3 Å². The van der Waals surface area contributed by atoms with E-state index < -0.39 is 0 Å². The van der Waals surface area contributed by atoms with Gasteiger partial charge in [0.1, 0.15) is 5.69 Å². The van der Waals surface area contributed by atoms with Crippen LogP contribution < -0.4 is 0 Å². The average Bonchev–Trinajstić information content (AvgIpc) is 3.38. The van der Waals surface area contributed by atoms with Crippen LogP contribution in [-0.2, 0) is 11.2 Å². The highest BCUT2D eigenvalue weighted by Crippen LogP contribution is 2.23. The van der Waals surface area contributed by atoms with Gasteiger partial charge in [-0.3, -0.25) is 19.0 Å². The summed E-state index contributed by atoms with van der Waals surface area (Å²) in [5, 5.41) is 1.96. The van der Waals surface area contributed by atoms with Crippen LogP contribution in [0.3, 0.4) is 0 Å². The molecule has 30 heavy (non-hydrogen) atoms. The first-order valence-corrected chi connectivity index (χ1v) is 11.3. The minimum absolute atomic E-state index is 0.00518. The van der Waals surface area contributed by atoms with Crippen molar-refractivity contribution in [3.8, 4) is 0 Å². The largest absolute Gasteiger partial charge is 0.345 e. The lowest BCUT2D eigenvalue weighted by Crippen LogP contribution is -2.40. The molecule has 0 aromatic carbocycles. The zero-order valence-corrected chi connectivity index (χ0v) is 18.1. The Labute approximate surface area is 180 Å². The first-order chi connectivity index (χ1) is 14.6. The summed E-state index contributed by atoms with van der Waals surface area (Å²) in [5.74, 6) is 0.512. The minimum atomic E-state index is -0.00518. The molecule has 0 radical (unpaired) electrons. The molecule has 0 N–H and O–H groups in total. The molecule has 0 aliphatic carbocycles. The molecule has 4 heterocycles. The molecular weight excluding hydrogens is 398 g/mol. The standard InChI is InChI=1S/C22H27N5O2S/c1-25(12-9-18-6-2-3-10-23-18)20(28)8-7-17-5-4-11-26(15-17)21(29)19-16-27-13-14-30-22(27)24-19/h2-3,6,10,13-14,16-17H,4-5,7-9,11-12,15H2,1H3/t17-/m1/s1. The highest BCUT2D eigenvalue weighted by Gasteiger charge is 2.26. The molecule has 0 unspecified atom stereocenters. The van der Waals surface area contributed by atoms with Crippen molar-refractivity contribution in [1.82, 2.24) is 24.2 Å². The maximum absolute atomic E-state index is 12.9. The Kier molecular flexibility index (Phi) is 6.42. The molecule has 1 saturated heterocycles. The lowest BCUT2D eigenvalue weighted by molar-refractivity contribution is -0.130. The zero-order valence-electron chi connectivity index (χ0n) is 17.2. The number of hydrogen-bond acceptors (Lipinski definition) is 5. The van der Waals surface area contributed by atoms with Crippen LogP contribution in [0.5, 0.6) is 0 Å². The summed E-state index contributed by atoms with van der Waals surface area (Å²) in [6, 6.07) is 5.84. The number of imidazole rings is 1. The maximum Gasteiger partial charge on any atom is 0.274 e. The number of nitrogens with zero attached hydrogens (tertiary/aromatic N) is 5. The molecule has 158 valence electrons. The second kappa shape index (κ2) is 9.38. The molecule has 8 heteroatoms. The molecule has 3 aromatic heterocycles. The molecule has 1 fully saturated rings. The van der Waals surface area contributed by atoms with Gasteiger partial charge in [-0.2, -0.15) is 0 Å². The predicted octanol–water partition coefficient (Wildman–Crippen LogP) is 3.12. The SMILES string of the molecule is CN(CCc1ccccn1)C(=O)CC[C@H]1CCCN(C(=O)c2cn3ccsc3n2)C1. The Morgan fingerprint density at radius 2 is 2.23 bits per heavy atom. The number of piperidine rings is 1. The van der Waals surface area contributed by atoms with Crippen molar-refractivity contribution in [2.24, 2.45) is 5.92 Å². The molecule has 7 nitrogen and oxygen atoms in total. The van der Waals surface area contributed by atoms with E-state index >= 15 is 0 Å². The number of amides is 2. The third-order valence-electron chi connectivity index (χ3n) is 5.74. The van der Waals surface area contributed by atoms with Crippen LogP contribution in [0.25, 0.3) is 4.96 Å². The fourth-order valence-electron chi connectivity index (χ4n) is 3.95. The first kappa shape index (κ1) is 20.5. The van der Waals surface area contributed by atoms with E-state index in [9.17, 15) is 9.59 Å². The van der Waals surface area contributed by atoms with Gasteiger partial charge in [0.25, 0.3) is 5.91 Å². The van der Waals surface area contributed by atoms with Crippen LogP contribution in [-0.4, -0.2) is 62.7 Å². The summed E-state index contributed by atoms with van der Waals surface area (Å²) in [4.78, 5) is 38.7. The minimum Gasteiger partial charge on any atom is -0.345 e. The van der Waals surface area contributed by atoms with Gasteiger partial charge < -0.3 is 9.80 Å². The third kappa shape index (κ3) is 4.87. The molecule has 0 saturated carbocycles. The molecule has 1 aliphatic rings. The molecule has 2 amide bonds. The number of thiazole rings is 1. The van der Waals surface area contributed by atoms with Gasteiger partial charge in [0.2, 0.25) is 5.91 Å². The quantitative estimate of drug-likeness (QED) is 0.583. The summed E-state index contributed by atoms with van der Waals surface area (Å²) in [5.41, 5.74) is 1.51. The Balaban J connectivity index is 1.24. The summed E-state index contributed by atoms with van der Waals surface area (Å²) in [7, 11) is 1.85. The van der Waals surface area contributed by atoms with Crippen molar-refractivity contribution in [2.45, 2.75) is 32.1 Å². The second-order valence-electron chi connectivity index (χ2n) is 7.90. The zero-order chi connectivity index (χ0) is 20.9. The van der Waals surface area contributed by atoms with E-state index in [1.165, 1.54) is 11.3 Å². The summed E-state index contributed by atoms with van der Waals surface area (Å²) in [6.45, 7) is 2.13. The fraction of sp³-hybridized carbons (Fsp3) is 0.455. The number of likely N-dealkylation sites (N-methyl/N-ethyl adjacent to an activating group) is 1. The maximum atomic E-state index is 12.9.